The van der Waals surface area contributed by atoms with Crippen molar-refractivity contribution in [2.24, 2.45) is 0 Å². The predicted molar refractivity (Wildman–Crippen MR) is 134 cm³/mol. The molecule has 7 heteroatoms. The molecule has 1 aliphatic rings. The highest BCUT2D eigenvalue weighted by Gasteiger charge is 2.28. The van der Waals surface area contributed by atoms with Crippen LogP contribution in [0.1, 0.15) is 55.7 Å². The van der Waals surface area contributed by atoms with Gasteiger partial charge in [0.15, 0.2) is 0 Å². The highest BCUT2D eigenvalue weighted by atomic mass is 35.5. The van der Waals surface area contributed by atoms with Crippen molar-refractivity contribution >= 4 is 35.2 Å². The molecule has 0 aliphatic heterocycles. The van der Waals surface area contributed by atoms with E-state index < -0.39 is 6.04 Å². The summed E-state index contributed by atoms with van der Waals surface area (Å²) in [5, 5.41) is 3.49. The minimum absolute atomic E-state index is 0.121. The van der Waals surface area contributed by atoms with Crippen LogP contribution < -0.4 is 5.32 Å². The molecule has 0 saturated heterocycles. The SMILES string of the molecule is Cc1ccc(CN(C(=O)CSCc2c(F)cccc2Cl)[C@@H](C)C(=O)NC2CCCCC2)cc1. The average Bonchev–Trinajstić information content (AvgIpc) is 2.80. The fraction of sp³-hybridized carbons (Fsp3) is 0.462. The Labute approximate surface area is 205 Å². The number of thioether (sulfide) groups is 1. The smallest absolute Gasteiger partial charge is 0.242 e. The van der Waals surface area contributed by atoms with E-state index in [2.05, 4.69) is 5.32 Å². The highest BCUT2D eigenvalue weighted by molar-refractivity contribution is 7.99. The number of halogens is 2. The van der Waals surface area contributed by atoms with Gasteiger partial charge in [-0.15, -0.1) is 11.8 Å². The van der Waals surface area contributed by atoms with Crippen LogP contribution in [0.2, 0.25) is 5.02 Å². The maximum Gasteiger partial charge on any atom is 0.242 e. The molecule has 2 aromatic carbocycles. The van der Waals surface area contributed by atoms with Gasteiger partial charge < -0.3 is 10.2 Å². The molecular weight excluding hydrogens is 459 g/mol. The molecule has 1 fully saturated rings. The van der Waals surface area contributed by atoms with E-state index in [0.717, 1.165) is 36.8 Å². The summed E-state index contributed by atoms with van der Waals surface area (Å²) in [5.41, 5.74) is 2.50. The van der Waals surface area contributed by atoms with Crippen molar-refractivity contribution in [2.75, 3.05) is 5.75 Å². The van der Waals surface area contributed by atoms with Crippen molar-refractivity contribution in [1.82, 2.24) is 10.2 Å². The first-order chi connectivity index (χ1) is 15.8. The first-order valence-electron chi connectivity index (χ1n) is 11.5. The van der Waals surface area contributed by atoms with Crippen molar-refractivity contribution in [3.8, 4) is 0 Å². The predicted octanol–water partition coefficient (Wildman–Crippen LogP) is 5.89. The fourth-order valence-corrected chi connectivity index (χ4v) is 5.28. The van der Waals surface area contributed by atoms with Crippen molar-refractivity contribution in [3.63, 3.8) is 0 Å². The third kappa shape index (κ3) is 7.47. The van der Waals surface area contributed by atoms with Crippen LogP contribution in [0.15, 0.2) is 42.5 Å². The van der Waals surface area contributed by atoms with Crippen molar-refractivity contribution in [2.45, 2.75) is 70.3 Å². The van der Waals surface area contributed by atoms with Gasteiger partial charge in [0.05, 0.1) is 5.75 Å². The first-order valence-corrected chi connectivity index (χ1v) is 13.0. The Morgan fingerprint density at radius 1 is 1.15 bits per heavy atom. The highest BCUT2D eigenvalue weighted by Crippen LogP contribution is 2.25. The van der Waals surface area contributed by atoms with Crippen LogP contribution in [0.3, 0.4) is 0 Å². The van der Waals surface area contributed by atoms with Gasteiger partial charge >= 0.3 is 0 Å². The molecule has 0 unspecified atom stereocenters. The van der Waals surface area contributed by atoms with E-state index >= 15 is 0 Å². The number of aryl methyl sites for hydroxylation is 1. The van der Waals surface area contributed by atoms with Crippen molar-refractivity contribution < 1.29 is 14.0 Å². The monoisotopic (exact) mass is 490 g/mol. The zero-order valence-electron chi connectivity index (χ0n) is 19.3. The van der Waals surface area contributed by atoms with Crippen LogP contribution in [0.4, 0.5) is 4.39 Å². The standard InChI is InChI=1S/C26H32ClFN2O2S/c1-18-11-13-20(14-12-18)15-30(19(2)26(32)29-21-7-4-3-5-8-21)25(31)17-33-16-22-23(27)9-6-10-24(22)28/h6,9-14,19,21H,3-5,7-8,15-17H2,1-2H3,(H,29,32)/t19-/m0/s1. The Morgan fingerprint density at radius 3 is 2.52 bits per heavy atom. The second kappa shape index (κ2) is 12.4. The van der Waals surface area contributed by atoms with E-state index in [0.29, 0.717) is 17.1 Å². The van der Waals surface area contributed by atoms with Crippen LogP contribution in [0.25, 0.3) is 0 Å². The summed E-state index contributed by atoms with van der Waals surface area (Å²) < 4.78 is 14.1. The lowest BCUT2D eigenvalue weighted by Gasteiger charge is -2.31. The zero-order chi connectivity index (χ0) is 23.8. The number of carbonyl (C=O) groups excluding carboxylic acids is 2. The summed E-state index contributed by atoms with van der Waals surface area (Å²) in [6, 6.07) is 12.1. The average molecular weight is 491 g/mol. The number of amides is 2. The van der Waals surface area contributed by atoms with Gasteiger partial charge in [-0.25, -0.2) is 4.39 Å². The molecule has 0 radical (unpaired) electrons. The van der Waals surface area contributed by atoms with E-state index in [4.69, 9.17) is 11.6 Å². The molecule has 33 heavy (non-hydrogen) atoms. The molecule has 1 atom stereocenters. The number of nitrogens with one attached hydrogen (secondary N) is 1. The topological polar surface area (TPSA) is 49.4 Å². The molecule has 0 heterocycles. The summed E-state index contributed by atoms with van der Waals surface area (Å²) in [5.74, 6) is -0.224. The van der Waals surface area contributed by atoms with Crippen LogP contribution in [-0.2, 0) is 21.9 Å². The lowest BCUT2D eigenvalue weighted by atomic mass is 9.95. The number of hydrogen-bond acceptors (Lipinski definition) is 3. The minimum Gasteiger partial charge on any atom is -0.352 e. The van der Waals surface area contributed by atoms with E-state index in [1.54, 1.807) is 24.0 Å². The molecule has 4 nitrogen and oxygen atoms in total. The van der Waals surface area contributed by atoms with Gasteiger partial charge in [-0.2, -0.15) is 0 Å². The van der Waals surface area contributed by atoms with E-state index in [1.807, 2.05) is 31.2 Å². The normalized spacial score (nSPS) is 15.2. The molecule has 1 aliphatic carbocycles. The van der Waals surface area contributed by atoms with Gasteiger partial charge in [0.1, 0.15) is 11.9 Å². The number of rotatable bonds is 9. The van der Waals surface area contributed by atoms with Gasteiger partial charge in [0.25, 0.3) is 0 Å². The van der Waals surface area contributed by atoms with Gasteiger partial charge in [0, 0.05) is 28.9 Å². The number of benzene rings is 2. The fourth-order valence-electron chi connectivity index (χ4n) is 4.04. The second-order valence-electron chi connectivity index (χ2n) is 8.72. The third-order valence-corrected chi connectivity index (χ3v) is 7.42. The zero-order valence-corrected chi connectivity index (χ0v) is 20.9. The largest absolute Gasteiger partial charge is 0.352 e. The lowest BCUT2D eigenvalue weighted by Crippen LogP contribution is -2.50. The van der Waals surface area contributed by atoms with E-state index in [1.165, 1.54) is 24.2 Å². The molecule has 1 N–H and O–H groups in total. The Balaban J connectivity index is 1.67. The van der Waals surface area contributed by atoms with Crippen LogP contribution >= 0.6 is 23.4 Å². The quantitative estimate of drug-likeness (QED) is 0.477. The Morgan fingerprint density at radius 2 is 1.85 bits per heavy atom. The maximum absolute atomic E-state index is 14.1. The first kappa shape index (κ1) is 25.6. The molecule has 0 aromatic heterocycles. The molecule has 1 saturated carbocycles. The Hall–Kier alpha value is -2.05. The summed E-state index contributed by atoms with van der Waals surface area (Å²) in [6.07, 6.45) is 5.44. The van der Waals surface area contributed by atoms with Crippen LogP contribution in [-0.4, -0.2) is 34.6 Å². The summed E-state index contributed by atoms with van der Waals surface area (Å²) >= 11 is 7.41. The number of nitrogens with zero attached hydrogens (tertiary/aromatic N) is 1. The molecule has 0 spiro atoms. The maximum atomic E-state index is 14.1. The molecule has 0 bridgehead atoms. The second-order valence-corrected chi connectivity index (χ2v) is 10.1. The lowest BCUT2D eigenvalue weighted by molar-refractivity contribution is -0.139. The molecule has 3 rings (SSSR count). The summed E-state index contributed by atoms with van der Waals surface area (Å²) in [4.78, 5) is 27.8. The Bertz CT molecular complexity index is 928. The molecule has 2 aromatic rings. The number of hydrogen-bond donors (Lipinski definition) is 1. The molecule has 2 amide bonds. The third-order valence-electron chi connectivity index (χ3n) is 6.13. The van der Waals surface area contributed by atoms with Crippen molar-refractivity contribution in [3.05, 3.63) is 70.0 Å². The summed E-state index contributed by atoms with van der Waals surface area (Å²) in [6.45, 7) is 4.14. The van der Waals surface area contributed by atoms with E-state index in [9.17, 15) is 14.0 Å². The van der Waals surface area contributed by atoms with Crippen molar-refractivity contribution in [1.29, 1.82) is 0 Å². The van der Waals surface area contributed by atoms with Gasteiger partial charge in [-0.1, -0.05) is 66.8 Å². The molecular formula is C26H32ClFN2O2S. The van der Waals surface area contributed by atoms with Crippen LogP contribution in [0.5, 0.6) is 0 Å². The van der Waals surface area contributed by atoms with Crippen LogP contribution in [0, 0.1) is 12.7 Å². The van der Waals surface area contributed by atoms with E-state index in [-0.39, 0.29) is 35.2 Å². The Kier molecular flexibility index (Phi) is 9.63. The number of carbonyl (C=O) groups is 2. The molecule has 178 valence electrons. The van der Waals surface area contributed by atoms with Gasteiger partial charge in [0.2, 0.25) is 11.8 Å². The van der Waals surface area contributed by atoms with Gasteiger partial charge in [-0.05, 0) is 44.4 Å². The minimum atomic E-state index is -0.599. The summed E-state index contributed by atoms with van der Waals surface area (Å²) in [7, 11) is 0. The van der Waals surface area contributed by atoms with Gasteiger partial charge in [-0.3, -0.25) is 9.59 Å².